The Morgan fingerprint density at radius 1 is 0.667 bits per heavy atom. The molecular formula is C29H33N9O. The average Bonchev–Trinajstić information content (AvgIpc) is 3.57. The highest BCUT2D eigenvalue weighted by atomic mass is 16.5. The van der Waals surface area contributed by atoms with E-state index >= 15 is 0 Å². The van der Waals surface area contributed by atoms with Crippen molar-refractivity contribution < 1.29 is 4.74 Å². The second-order valence-electron chi connectivity index (χ2n) is 9.80. The van der Waals surface area contributed by atoms with Gasteiger partial charge in [0, 0.05) is 6.54 Å². The molecule has 0 amide bonds. The maximum absolute atomic E-state index is 5.32. The van der Waals surface area contributed by atoms with Gasteiger partial charge in [-0.3, -0.25) is 4.90 Å². The fourth-order valence-corrected chi connectivity index (χ4v) is 4.93. The molecule has 0 aliphatic heterocycles. The molecule has 0 fully saturated rings. The first-order valence-corrected chi connectivity index (χ1v) is 13.0. The number of ether oxygens (including phenoxy) is 1. The minimum absolute atomic E-state index is 0.524. The highest BCUT2D eigenvalue weighted by Crippen LogP contribution is 2.22. The van der Waals surface area contributed by atoms with Crippen LogP contribution < -0.4 is 4.74 Å². The number of benzene rings is 3. The second-order valence-corrected chi connectivity index (χ2v) is 9.80. The van der Waals surface area contributed by atoms with Crippen molar-refractivity contribution in [2.24, 2.45) is 0 Å². The van der Waals surface area contributed by atoms with Crippen LogP contribution in [-0.2, 0) is 19.5 Å². The Morgan fingerprint density at radius 2 is 1.13 bits per heavy atom. The van der Waals surface area contributed by atoms with Gasteiger partial charge in [0.25, 0.3) is 0 Å². The van der Waals surface area contributed by atoms with Crippen molar-refractivity contribution in [3.63, 3.8) is 0 Å². The van der Waals surface area contributed by atoms with E-state index in [1.807, 2.05) is 33.6 Å². The molecule has 39 heavy (non-hydrogen) atoms. The topological polar surface area (TPSA) is 99.7 Å². The normalized spacial score (nSPS) is 11.3. The molecule has 5 rings (SSSR count). The first-order valence-electron chi connectivity index (χ1n) is 13.0. The summed E-state index contributed by atoms with van der Waals surface area (Å²) < 4.78 is 9.02. The standard InChI is InChI=1S/C29H33N9O/c1-20-8-6-9-21(2)28(20)37-26(30-32-34-37)18-36(17-16-24-12-14-25(39-5)15-13-24)19-27-31-33-35-38(27)29-22(3)10-7-11-23(29)4/h6-15H,16-19H2,1-5H3. The maximum atomic E-state index is 5.32. The van der Waals surface area contributed by atoms with E-state index in [1.165, 1.54) is 5.56 Å². The van der Waals surface area contributed by atoms with Gasteiger partial charge in [0.15, 0.2) is 11.6 Å². The Hall–Kier alpha value is -4.44. The molecule has 0 radical (unpaired) electrons. The summed E-state index contributed by atoms with van der Waals surface area (Å²) in [6.07, 6.45) is 0.833. The van der Waals surface area contributed by atoms with Gasteiger partial charge in [-0.25, -0.2) is 0 Å². The van der Waals surface area contributed by atoms with Crippen LogP contribution in [0.25, 0.3) is 11.4 Å². The summed E-state index contributed by atoms with van der Waals surface area (Å²) in [7, 11) is 1.68. The highest BCUT2D eigenvalue weighted by molar-refractivity contribution is 5.47. The smallest absolute Gasteiger partial charge is 0.170 e. The van der Waals surface area contributed by atoms with E-state index in [0.717, 1.165) is 64.0 Å². The predicted octanol–water partition coefficient (Wildman–Crippen LogP) is 4.13. The van der Waals surface area contributed by atoms with Crippen LogP contribution >= 0.6 is 0 Å². The zero-order valence-electron chi connectivity index (χ0n) is 23.0. The molecule has 0 atom stereocenters. The van der Waals surface area contributed by atoms with Gasteiger partial charge in [-0.05, 0) is 94.9 Å². The molecule has 0 bridgehead atoms. The zero-order valence-corrected chi connectivity index (χ0v) is 23.0. The molecule has 0 aliphatic carbocycles. The van der Waals surface area contributed by atoms with Crippen molar-refractivity contribution in [2.75, 3.05) is 13.7 Å². The SMILES string of the molecule is COc1ccc(CCN(Cc2nnnn2-c2c(C)cccc2C)Cc2nnnn2-c2c(C)cccc2C)cc1. The number of aromatic nitrogens is 8. The fourth-order valence-electron chi connectivity index (χ4n) is 4.93. The minimum atomic E-state index is 0.524. The molecule has 0 N–H and O–H groups in total. The van der Waals surface area contributed by atoms with Crippen LogP contribution in [0.2, 0.25) is 0 Å². The first kappa shape index (κ1) is 26.2. The number of methoxy groups -OCH3 is 1. The molecule has 2 aromatic heterocycles. The Kier molecular flexibility index (Phi) is 7.74. The summed E-state index contributed by atoms with van der Waals surface area (Å²) in [4.78, 5) is 2.29. The number of aryl methyl sites for hydroxylation is 4. The Bertz CT molecular complexity index is 1420. The van der Waals surface area contributed by atoms with E-state index in [1.54, 1.807) is 7.11 Å². The molecule has 0 aliphatic rings. The van der Waals surface area contributed by atoms with Gasteiger partial charge < -0.3 is 4.74 Å². The summed E-state index contributed by atoms with van der Waals surface area (Å²) in [6, 6.07) is 20.6. The Balaban J connectivity index is 1.46. The lowest BCUT2D eigenvalue weighted by Crippen LogP contribution is -2.29. The number of hydrogen-bond acceptors (Lipinski definition) is 8. The van der Waals surface area contributed by atoms with Crippen LogP contribution in [0, 0.1) is 27.7 Å². The van der Waals surface area contributed by atoms with Gasteiger partial charge in [0.05, 0.1) is 31.6 Å². The number of nitrogens with zero attached hydrogens (tertiary/aromatic N) is 9. The highest BCUT2D eigenvalue weighted by Gasteiger charge is 2.20. The van der Waals surface area contributed by atoms with Crippen LogP contribution in [0.3, 0.4) is 0 Å². The molecular weight excluding hydrogens is 490 g/mol. The molecule has 0 spiro atoms. The Labute approximate surface area is 228 Å². The van der Waals surface area contributed by atoms with E-state index in [-0.39, 0.29) is 0 Å². The number of tetrazole rings is 2. The van der Waals surface area contributed by atoms with Crippen molar-refractivity contribution in [1.29, 1.82) is 0 Å². The monoisotopic (exact) mass is 523 g/mol. The fraction of sp³-hybridized carbons (Fsp3) is 0.310. The molecule has 10 heteroatoms. The zero-order chi connectivity index (χ0) is 27.4. The van der Waals surface area contributed by atoms with Crippen LogP contribution in [0.1, 0.15) is 39.5 Å². The van der Waals surface area contributed by atoms with Gasteiger partial charge >= 0.3 is 0 Å². The van der Waals surface area contributed by atoms with Gasteiger partial charge in [0.2, 0.25) is 0 Å². The number of rotatable bonds is 10. The average molecular weight is 524 g/mol. The number of para-hydroxylation sites is 2. The van der Waals surface area contributed by atoms with Crippen molar-refractivity contribution in [3.8, 4) is 17.1 Å². The quantitative estimate of drug-likeness (QED) is 0.270. The lowest BCUT2D eigenvalue weighted by Gasteiger charge is -2.22. The predicted molar refractivity (Wildman–Crippen MR) is 148 cm³/mol. The number of hydrogen-bond donors (Lipinski definition) is 0. The van der Waals surface area contributed by atoms with E-state index in [9.17, 15) is 0 Å². The van der Waals surface area contributed by atoms with Crippen molar-refractivity contribution in [2.45, 2.75) is 47.2 Å². The second kappa shape index (κ2) is 11.5. The molecule has 200 valence electrons. The summed E-state index contributed by atoms with van der Waals surface area (Å²) in [5.74, 6) is 2.36. The van der Waals surface area contributed by atoms with E-state index in [2.05, 4.69) is 100 Å². The minimum Gasteiger partial charge on any atom is -0.497 e. The van der Waals surface area contributed by atoms with Crippen molar-refractivity contribution in [3.05, 3.63) is 100 Å². The Morgan fingerprint density at radius 3 is 1.56 bits per heavy atom. The third-order valence-electron chi connectivity index (χ3n) is 6.98. The molecule has 3 aromatic carbocycles. The largest absolute Gasteiger partial charge is 0.497 e. The van der Waals surface area contributed by atoms with Crippen LogP contribution in [0.15, 0.2) is 60.7 Å². The van der Waals surface area contributed by atoms with Gasteiger partial charge in [-0.15, -0.1) is 10.2 Å². The van der Waals surface area contributed by atoms with Gasteiger partial charge in [-0.1, -0.05) is 48.5 Å². The van der Waals surface area contributed by atoms with Gasteiger partial charge in [0.1, 0.15) is 5.75 Å². The van der Waals surface area contributed by atoms with Crippen LogP contribution in [0.4, 0.5) is 0 Å². The molecule has 0 unspecified atom stereocenters. The molecule has 0 saturated carbocycles. The third kappa shape index (κ3) is 5.70. The summed E-state index contributed by atoms with van der Waals surface area (Å²) in [6.45, 7) is 10.1. The van der Waals surface area contributed by atoms with Crippen LogP contribution in [-0.4, -0.2) is 59.0 Å². The first-order chi connectivity index (χ1) is 18.9. The maximum Gasteiger partial charge on any atom is 0.170 e. The molecule has 10 nitrogen and oxygen atoms in total. The summed E-state index contributed by atoms with van der Waals surface area (Å²) >= 11 is 0. The summed E-state index contributed by atoms with van der Waals surface area (Å²) in [5.41, 5.74) is 7.70. The molecule has 0 saturated heterocycles. The van der Waals surface area contributed by atoms with E-state index in [0.29, 0.717) is 13.1 Å². The lowest BCUT2D eigenvalue weighted by atomic mass is 10.1. The van der Waals surface area contributed by atoms with E-state index < -0.39 is 0 Å². The lowest BCUT2D eigenvalue weighted by molar-refractivity contribution is 0.243. The molecule has 5 aromatic rings. The molecule has 2 heterocycles. The summed E-state index contributed by atoms with van der Waals surface area (Å²) in [5, 5.41) is 25.6. The van der Waals surface area contributed by atoms with E-state index in [4.69, 9.17) is 4.74 Å². The van der Waals surface area contributed by atoms with Crippen molar-refractivity contribution in [1.82, 2.24) is 45.3 Å². The third-order valence-corrected chi connectivity index (χ3v) is 6.98. The van der Waals surface area contributed by atoms with Crippen LogP contribution in [0.5, 0.6) is 5.75 Å². The van der Waals surface area contributed by atoms with Crippen molar-refractivity contribution >= 4 is 0 Å². The van der Waals surface area contributed by atoms with Gasteiger partial charge in [-0.2, -0.15) is 9.36 Å².